The van der Waals surface area contributed by atoms with E-state index in [-0.39, 0.29) is 5.75 Å². The van der Waals surface area contributed by atoms with Crippen LogP contribution in [-0.4, -0.2) is 24.4 Å². The van der Waals surface area contributed by atoms with Crippen LogP contribution >= 0.6 is 0 Å². The number of anilines is 1. The molecule has 1 fully saturated rings. The topological polar surface area (TPSA) is 25.4 Å². The van der Waals surface area contributed by atoms with Crippen LogP contribution in [0.3, 0.4) is 0 Å². The molecule has 6 heteroatoms. The quantitative estimate of drug-likeness (QED) is 0.847. The summed E-state index contributed by atoms with van der Waals surface area (Å²) < 4.78 is 41.7. The first-order valence-corrected chi connectivity index (χ1v) is 7.39. The number of pyridine rings is 1. The molecule has 1 aromatic carbocycles. The minimum absolute atomic E-state index is 0.124. The number of nitrogens with zero attached hydrogens (tertiary/aromatic N) is 2. The number of para-hydroxylation sites is 1. The molecule has 1 aliphatic heterocycles. The summed E-state index contributed by atoms with van der Waals surface area (Å²) in [6.07, 6.45) is -1.56. The monoisotopic (exact) mass is 321 g/mol. The number of piperidine rings is 1. The number of rotatable bonds is 3. The van der Waals surface area contributed by atoms with Gasteiger partial charge in [-0.1, -0.05) is 24.3 Å². The molecule has 23 heavy (non-hydrogen) atoms. The fourth-order valence-electron chi connectivity index (χ4n) is 2.79. The predicted octanol–water partition coefficient (Wildman–Crippen LogP) is 4.20. The second kappa shape index (κ2) is 6.48. The van der Waals surface area contributed by atoms with E-state index in [1.807, 2.05) is 18.2 Å². The van der Waals surface area contributed by atoms with Crippen molar-refractivity contribution in [2.75, 3.05) is 18.0 Å². The van der Waals surface area contributed by atoms with Gasteiger partial charge in [-0.2, -0.15) is 0 Å². The molecule has 1 saturated heterocycles. The third kappa shape index (κ3) is 3.94. The van der Waals surface area contributed by atoms with Crippen molar-refractivity contribution in [1.82, 2.24) is 4.98 Å². The summed E-state index contributed by atoms with van der Waals surface area (Å²) in [5.74, 6) is 1.75. The lowest BCUT2D eigenvalue weighted by atomic mass is 9.89. The largest absolute Gasteiger partial charge is 0.573 e. The van der Waals surface area contributed by atoms with Crippen molar-refractivity contribution in [3.63, 3.8) is 0 Å². The van der Waals surface area contributed by atoms with Gasteiger partial charge in [-0.3, -0.25) is 0 Å². The maximum atomic E-state index is 12.5. The molecule has 2 heterocycles. The molecule has 1 aliphatic rings. The van der Waals surface area contributed by atoms with Crippen LogP contribution in [0, 0.1) is 5.92 Å². The average Bonchev–Trinajstić information content (AvgIpc) is 2.55. The fraction of sp³-hybridized carbons (Fsp3) is 0.294. The molecule has 1 radical (unpaired) electrons. The van der Waals surface area contributed by atoms with Crippen molar-refractivity contribution in [2.45, 2.75) is 19.2 Å². The van der Waals surface area contributed by atoms with E-state index in [1.165, 1.54) is 6.07 Å². The van der Waals surface area contributed by atoms with Gasteiger partial charge in [0.2, 0.25) is 0 Å². The SMILES string of the molecule is FC(F)(F)Oc1ccccc1[C]1CCN(c2ccccn2)CC1. The van der Waals surface area contributed by atoms with Gasteiger partial charge in [-0.25, -0.2) is 4.98 Å². The van der Waals surface area contributed by atoms with Crippen LogP contribution in [0.15, 0.2) is 48.7 Å². The van der Waals surface area contributed by atoms with Crippen molar-refractivity contribution >= 4 is 5.82 Å². The van der Waals surface area contributed by atoms with E-state index in [0.29, 0.717) is 18.4 Å². The molecular formula is C17H16F3N2O. The van der Waals surface area contributed by atoms with E-state index in [1.54, 1.807) is 24.4 Å². The van der Waals surface area contributed by atoms with Crippen molar-refractivity contribution in [1.29, 1.82) is 0 Å². The van der Waals surface area contributed by atoms with Gasteiger partial charge < -0.3 is 9.64 Å². The predicted molar refractivity (Wildman–Crippen MR) is 81.2 cm³/mol. The van der Waals surface area contributed by atoms with E-state index in [9.17, 15) is 13.2 Å². The van der Waals surface area contributed by atoms with Crippen LogP contribution in [0.4, 0.5) is 19.0 Å². The van der Waals surface area contributed by atoms with Gasteiger partial charge in [0.25, 0.3) is 0 Å². The Morgan fingerprint density at radius 2 is 1.65 bits per heavy atom. The smallest absolute Gasteiger partial charge is 0.405 e. The highest BCUT2D eigenvalue weighted by molar-refractivity contribution is 5.47. The van der Waals surface area contributed by atoms with Gasteiger partial charge in [0.1, 0.15) is 11.6 Å². The molecule has 0 spiro atoms. The summed E-state index contributed by atoms with van der Waals surface area (Å²) in [5, 5.41) is 0. The normalized spacial score (nSPS) is 16.4. The van der Waals surface area contributed by atoms with Crippen molar-refractivity contribution < 1.29 is 17.9 Å². The molecule has 121 valence electrons. The van der Waals surface area contributed by atoms with Crippen LogP contribution in [0.2, 0.25) is 0 Å². The highest BCUT2D eigenvalue weighted by Crippen LogP contribution is 2.36. The van der Waals surface area contributed by atoms with Gasteiger partial charge in [-0.05, 0) is 31.0 Å². The number of hydrogen-bond acceptors (Lipinski definition) is 3. The molecule has 0 N–H and O–H groups in total. The highest BCUT2D eigenvalue weighted by Gasteiger charge is 2.33. The van der Waals surface area contributed by atoms with Crippen molar-refractivity contribution in [3.05, 3.63) is 60.1 Å². The Hall–Kier alpha value is -2.24. The first kappa shape index (κ1) is 15.6. The maximum Gasteiger partial charge on any atom is 0.573 e. The van der Waals surface area contributed by atoms with E-state index >= 15 is 0 Å². The van der Waals surface area contributed by atoms with E-state index < -0.39 is 6.36 Å². The Morgan fingerprint density at radius 3 is 2.30 bits per heavy atom. The zero-order valence-corrected chi connectivity index (χ0v) is 12.4. The molecule has 3 rings (SSSR count). The van der Waals surface area contributed by atoms with E-state index in [4.69, 9.17) is 0 Å². The Labute approximate surface area is 132 Å². The fourth-order valence-corrected chi connectivity index (χ4v) is 2.79. The lowest BCUT2D eigenvalue weighted by molar-refractivity contribution is -0.274. The molecule has 0 unspecified atom stereocenters. The van der Waals surface area contributed by atoms with Crippen LogP contribution in [-0.2, 0) is 0 Å². The second-order valence-electron chi connectivity index (χ2n) is 5.32. The number of ether oxygens (including phenoxy) is 1. The minimum Gasteiger partial charge on any atom is -0.405 e. The molecule has 1 aromatic heterocycles. The first-order chi connectivity index (χ1) is 11.0. The molecule has 0 saturated carbocycles. The zero-order valence-electron chi connectivity index (χ0n) is 12.4. The Morgan fingerprint density at radius 1 is 0.957 bits per heavy atom. The van der Waals surface area contributed by atoms with Gasteiger partial charge in [0.05, 0.1) is 0 Å². The third-order valence-electron chi connectivity index (χ3n) is 3.83. The summed E-state index contributed by atoms with van der Waals surface area (Å²) in [6, 6.07) is 12.0. The van der Waals surface area contributed by atoms with Gasteiger partial charge in [0.15, 0.2) is 0 Å². The van der Waals surface area contributed by atoms with Crippen LogP contribution < -0.4 is 9.64 Å². The van der Waals surface area contributed by atoms with Crippen LogP contribution in [0.1, 0.15) is 18.4 Å². The molecule has 3 nitrogen and oxygen atoms in total. The standard InChI is InChI=1S/C17H16F3N2O/c18-17(19,20)23-15-6-2-1-5-14(15)13-8-11-22(12-9-13)16-7-3-4-10-21-16/h1-7,10H,8-9,11-12H2. The van der Waals surface area contributed by atoms with Gasteiger partial charge in [-0.15, -0.1) is 13.2 Å². The summed E-state index contributed by atoms with van der Waals surface area (Å²) in [4.78, 5) is 6.45. The van der Waals surface area contributed by atoms with Crippen molar-refractivity contribution in [2.24, 2.45) is 0 Å². The summed E-state index contributed by atoms with van der Waals surface area (Å²) in [7, 11) is 0. The van der Waals surface area contributed by atoms with Crippen LogP contribution in [0.25, 0.3) is 0 Å². The number of alkyl halides is 3. The summed E-state index contributed by atoms with van der Waals surface area (Å²) >= 11 is 0. The van der Waals surface area contributed by atoms with Gasteiger partial charge in [0, 0.05) is 30.8 Å². The van der Waals surface area contributed by atoms with E-state index in [2.05, 4.69) is 14.6 Å². The lowest BCUT2D eigenvalue weighted by Crippen LogP contribution is -2.34. The molecule has 2 aromatic rings. The molecule has 0 amide bonds. The first-order valence-electron chi connectivity index (χ1n) is 7.39. The number of hydrogen-bond donors (Lipinski definition) is 0. The molecule has 0 atom stereocenters. The van der Waals surface area contributed by atoms with E-state index in [0.717, 1.165) is 24.8 Å². The van der Waals surface area contributed by atoms with Crippen LogP contribution in [0.5, 0.6) is 5.75 Å². The van der Waals surface area contributed by atoms with Gasteiger partial charge >= 0.3 is 6.36 Å². The number of halogens is 3. The highest BCUT2D eigenvalue weighted by atomic mass is 19.4. The zero-order chi connectivity index (χ0) is 16.3. The summed E-state index contributed by atoms with van der Waals surface area (Å²) in [5.41, 5.74) is 0.547. The molecular weight excluding hydrogens is 305 g/mol. The maximum absolute atomic E-state index is 12.5. The Bertz CT molecular complexity index is 638. The number of aromatic nitrogens is 1. The Balaban J connectivity index is 1.71. The lowest BCUT2D eigenvalue weighted by Gasteiger charge is -2.33. The molecule has 0 bridgehead atoms. The summed E-state index contributed by atoms with van der Waals surface area (Å²) in [6.45, 7) is 1.46. The average molecular weight is 321 g/mol. The minimum atomic E-state index is -4.68. The third-order valence-corrected chi connectivity index (χ3v) is 3.83. The second-order valence-corrected chi connectivity index (χ2v) is 5.32. The van der Waals surface area contributed by atoms with Crippen molar-refractivity contribution in [3.8, 4) is 5.75 Å². The molecule has 0 aliphatic carbocycles. The Kier molecular flexibility index (Phi) is 4.41. The number of benzene rings is 1.